The van der Waals surface area contributed by atoms with E-state index in [1.54, 1.807) is 17.7 Å². The molecule has 0 atom stereocenters. The van der Waals surface area contributed by atoms with Gasteiger partial charge in [-0.1, -0.05) is 42.5 Å². The van der Waals surface area contributed by atoms with Crippen molar-refractivity contribution in [3.05, 3.63) is 60.2 Å². The largest absolute Gasteiger partial charge is 0.236 e. The number of hydrogen-bond acceptors (Lipinski definition) is 3. The van der Waals surface area contributed by atoms with E-state index in [9.17, 15) is 0 Å². The van der Waals surface area contributed by atoms with Crippen LogP contribution in [0.3, 0.4) is 0 Å². The second kappa shape index (κ2) is 4.14. The van der Waals surface area contributed by atoms with Crippen LogP contribution in [0.4, 0.5) is 0 Å². The van der Waals surface area contributed by atoms with Gasteiger partial charge in [-0.15, -0.1) is 11.3 Å². The average Bonchev–Trinajstić information content (AvgIpc) is 2.95. The highest BCUT2D eigenvalue weighted by atomic mass is 32.1. The lowest BCUT2D eigenvalue weighted by Crippen LogP contribution is -1.87. The molecule has 90 valence electrons. The number of nitrogens with zero attached hydrogens (tertiary/aromatic N) is 2. The van der Waals surface area contributed by atoms with Gasteiger partial charge in [0.2, 0.25) is 0 Å². The Balaban J connectivity index is 2.12. The normalized spacial score (nSPS) is 11.2. The fourth-order valence-corrected chi connectivity index (χ4v) is 3.17. The molecule has 0 amide bonds. The highest BCUT2D eigenvalue weighted by Crippen LogP contribution is 2.32. The molecule has 2 aromatic carbocycles. The molecule has 4 aromatic rings. The average molecular weight is 262 g/mol. The number of thiophene rings is 1. The molecule has 0 saturated carbocycles. The molecule has 0 aliphatic heterocycles. The minimum absolute atomic E-state index is 1.02. The van der Waals surface area contributed by atoms with E-state index in [0.717, 1.165) is 15.9 Å². The van der Waals surface area contributed by atoms with Crippen LogP contribution in [0.1, 0.15) is 0 Å². The highest BCUT2D eigenvalue weighted by Gasteiger charge is 2.09. The van der Waals surface area contributed by atoms with Crippen LogP contribution >= 0.6 is 11.3 Å². The third-order valence-corrected chi connectivity index (χ3v) is 4.13. The Hall–Kier alpha value is -2.26. The fraction of sp³-hybridized carbons (Fsp3) is 0. The van der Waals surface area contributed by atoms with Crippen LogP contribution in [0.5, 0.6) is 0 Å². The third kappa shape index (κ3) is 1.63. The lowest BCUT2D eigenvalue weighted by Gasteiger charge is -2.06. The second-order valence-electron chi connectivity index (χ2n) is 4.39. The Kier molecular flexibility index (Phi) is 2.32. The Bertz CT molecular complexity index is 875. The van der Waals surface area contributed by atoms with Crippen LogP contribution < -0.4 is 0 Å². The van der Waals surface area contributed by atoms with E-state index in [2.05, 4.69) is 63.9 Å². The Morgan fingerprint density at radius 3 is 2.68 bits per heavy atom. The van der Waals surface area contributed by atoms with Gasteiger partial charge in [-0.3, -0.25) is 0 Å². The summed E-state index contributed by atoms with van der Waals surface area (Å²) in [5.41, 5.74) is 2.19. The topological polar surface area (TPSA) is 25.8 Å². The Morgan fingerprint density at radius 1 is 0.789 bits per heavy atom. The van der Waals surface area contributed by atoms with E-state index >= 15 is 0 Å². The molecule has 2 heterocycles. The van der Waals surface area contributed by atoms with Crippen molar-refractivity contribution in [2.45, 2.75) is 0 Å². The van der Waals surface area contributed by atoms with E-state index in [1.807, 2.05) is 0 Å². The summed E-state index contributed by atoms with van der Waals surface area (Å²) < 4.78 is 0. The Morgan fingerprint density at radius 2 is 1.68 bits per heavy atom. The zero-order chi connectivity index (χ0) is 12.7. The van der Waals surface area contributed by atoms with E-state index < -0.39 is 0 Å². The van der Waals surface area contributed by atoms with Crippen molar-refractivity contribution >= 4 is 32.3 Å². The maximum Gasteiger partial charge on any atom is 0.127 e. The molecule has 0 N–H and O–H groups in total. The predicted molar refractivity (Wildman–Crippen MR) is 80.4 cm³/mol. The van der Waals surface area contributed by atoms with Gasteiger partial charge in [0.25, 0.3) is 0 Å². The van der Waals surface area contributed by atoms with Gasteiger partial charge in [-0.2, -0.15) is 0 Å². The summed E-state index contributed by atoms with van der Waals surface area (Å²) in [5.74, 6) is 0. The summed E-state index contributed by atoms with van der Waals surface area (Å²) in [6.45, 7) is 0. The van der Waals surface area contributed by atoms with Gasteiger partial charge in [0.1, 0.15) is 11.2 Å². The quantitative estimate of drug-likeness (QED) is 0.504. The van der Waals surface area contributed by atoms with Crippen molar-refractivity contribution in [1.82, 2.24) is 9.97 Å². The monoisotopic (exact) mass is 262 g/mol. The number of benzene rings is 2. The van der Waals surface area contributed by atoms with Crippen LogP contribution in [0.25, 0.3) is 32.2 Å². The van der Waals surface area contributed by atoms with Crippen LogP contribution in [0.15, 0.2) is 60.2 Å². The molecule has 0 unspecified atom stereocenters. The second-order valence-corrected chi connectivity index (χ2v) is 5.28. The van der Waals surface area contributed by atoms with Crippen LogP contribution in [-0.4, -0.2) is 9.97 Å². The molecule has 4 rings (SSSR count). The van der Waals surface area contributed by atoms with Crippen LogP contribution in [0.2, 0.25) is 0 Å². The summed E-state index contributed by atoms with van der Waals surface area (Å²) in [5, 5.41) is 5.66. The Labute approximate surface area is 114 Å². The molecule has 0 aliphatic carbocycles. The highest BCUT2D eigenvalue weighted by molar-refractivity contribution is 7.16. The van der Waals surface area contributed by atoms with Crippen molar-refractivity contribution in [1.29, 1.82) is 0 Å². The summed E-state index contributed by atoms with van der Waals surface area (Å²) in [7, 11) is 0. The molecular weight excluding hydrogens is 252 g/mol. The van der Waals surface area contributed by atoms with Crippen molar-refractivity contribution in [3.8, 4) is 11.3 Å². The molecule has 2 aromatic heterocycles. The van der Waals surface area contributed by atoms with Crippen molar-refractivity contribution in [2.75, 3.05) is 0 Å². The number of hydrogen-bond donors (Lipinski definition) is 0. The number of aromatic nitrogens is 2. The molecule has 0 aliphatic rings. The SMILES string of the molecule is c1ccc2c(-c3ncnc4sccc34)cccc2c1. The summed E-state index contributed by atoms with van der Waals surface area (Å²) in [6.07, 6.45) is 1.65. The minimum atomic E-state index is 1.02. The van der Waals surface area contributed by atoms with Gasteiger partial charge in [0.15, 0.2) is 0 Å². The first-order chi connectivity index (χ1) is 9.43. The van der Waals surface area contributed by atoms with Gasteiger partial charge in [0.05, 0.1) is 5.69 Å². The van der Waals surface area contributed by atoms with Crippen LogP contribution in [0, 0.1) is 0 Å². The van der Waals surface area contributed by atoms with Gasteiger partial charge in [-0.25, -0.2) is 9.97 Å². The molecule has 0 fully saturated rings. The molecule has 0 saturated heterocycles. The zero-order valence-corrected chi connectivity index (χ0v) is 10.9. The molecule has 3 heteroatoms. The summed E-state index contributed by atoms with van der Waals surface area (Å²) in [4.78, 5) is 9.85. The zero-order valence-electron chi connectivity index (χ0n) is 10.1. The third-order valence-electron chi connectivity index (χ3n) is 3.31. The molecule has 2 nitrogen and oxygen atoms in total. The van der Waals surface area contributed by atoms with E-state index in [4.69, 9.17) is 0 Å². The van der Waals surface area contributed by atoms with E-state index in [0.29, 0.717) is 0 Å². The maximum atomic E-state index is 4.50. The predicted octanol–water partition coefficient (Wildman–Crippen LogP) is 4.51. The van der Waals surface area contributed by atoms with E-state index in [1.165, 1.54) is 16.3 Å². The minimum Gasteiger partial charge on any atom is -0.236 e. The molecule has 0 radical (unpaired) electrons. The lowest BCUT2D eigenvalue weighted by molar-refractivity contribution is 1.24. The molecule has 0 bridgehead atoms. The molecular formula is C16H10N2S. The maximum absolute atomic E-state index is 4.50. The van der Waals surface area contributed by atoms with Crippen molar-refractivity contribution < 1.29 is 0 Å². The smallest absolute Gasteiger partial charge is 0.127 e. The van der Waals surface area contributed by atoms with E-state index in [-0.39, 0.29) is 0 Å². The van der Waals surface area contributed by atoms with Crippen molar-refractivity contribution in [2.24, 2.45) is 0 Å². The summed E-state index contributed by atoms with van der Waals surface area (Å²) >= 11 is 1.65. The number of rotatable bonds is 1. The first kappa shape index (κ1) is 10.6. The van der Waals surface area contributed by atoms with Gasteiger partial charge in [-0.05, 0) is 22.2 Å². The summed E-state index contributed by atoms with van der Waals surface area (Å²) in [6, 6.07) is 16.8. The number of fused-ring (bicyclic) bond motifs is 2. The first-order valence-electron chi connectivity index (χ1n) is 6.10. The fourth-order valence-electron chi connectivity index (χ4n) is 2.44. The van der Waals surface area contributed by atoms with Gasteiger partial charge < -0.3 is 0 Å². The molecule has 0 spiro atoms. The molecule has 19 heavy (non-hydrogen) atoms. The van der Waals surface area contributed by atoms with Crippen LogP contribution in [-0.2, 0) is 0 Å². The van der Waals surface area contributed by atoms with Crippen molar-refractivity contribution in [3.63, 3.8) is 0 Å². The standard InChI is InChI=1S/C16H10N2S/c1-2-6-12-11(4-1)5-3-7-13(12)15-14-8-9-19-16(14)18-10-17-15/h1-10H. The first-order valence-corrected chi connectivity index (χ1v) is 6.98. The van der Waals surface area contributed by atoms with Gasteiger partial charge in [0, 0.05) is 10.9 Å². The van der Waals surface area contributed by atoms with Gasteiger partial charge >= 0.3 is 0 Å². The lowest BCUT2D eigenvalue weighted by atomic mass is 10.0.